The molecule has 0 saturated heterocycles. The molecular weight excluding hydrogens is 616 g/mol. The molecule has 0 aliphatic heterocycles. The molecule has 11 nitrogen and oxygen atoms in total. The average Bonchev–Trinajstić information content (AvgIpc) is 3.23. The van der Waals surface area contributed by atoms with Crippen molar-refractivity contribution in [1.29, 1.82) is 0 Å². The number of hydrogen-bond acceptors (Lipinski definition) is 8. The number of fused-ring (bicyclic) bond motifs is 1. The summed E-state index contributed by atoms with van der Waals surface area (Å²) in [6.07, 6.45) is 0. The molecule has 204 valence electrons. The van der Waals surface area contributed by atoms with Crippen LogP contribution in [0.5, 0.6) is 23.1 Å². The zero-order valence-electron chi connectivity index (χ0n) is 20.8. The van der Waals surface area contributed by atoms with Crippen molar-refractivity contribution in [2.24, 2.45) is 10.2 Å². The van der Waals surface area contributed by atoms with Crippen LogP contribution in [0.15, 0.2) is 74.2 Å². The third kappa shape index (κ3) is 5.79. The molecule has 14 heteroatoms. The van der Waals surface area contributed by atoms with Crippen molar-refractivity contribution in [1.82, 2.24) is 4.98 Å². The van der Waals surface area contributed by atoms with Crippen LogP contribution in [0.3, 0.4) is 0 Å². The van der Waals surface area contributed by atoms with Crippen molar-refractivity contribution in [2.75, 3.05) is 32.2 Å². The molecule has 0 aliphatic rings. The number of nitrogens with one attached hydrogen (secondary N) is 1. The minimum atomic E-state index is -4.40. The van der Waals surface area contributed by atoms with E-state index in [1.165, 1.54) is 57.7 Å². The lowest BCUT2D eigenvalue weighted by Crippen LogP contribution is -2.35. The number of azo groups is 1. The number of hydrogen-bond donors (Lipinski definition) is 2. The molecule has 0 unspecified atom stereocenters. The van der Waals surface area contributed by atoms with E-state index < -0.39 is 22.5 Å². The summed E-state index contributed by atoms with van der Waals surface area (Å²) in [5, 5.41) is 18.6. The molecule has 4 aromatic rings. The number of sulfonamides is 1. The van der Waals surface area contributed by atoms with E-state index in [1.54, 1.807) is 18.2 Å². The van der Waals surface area contributed by atoms with Crippen LogP contribution in [0.25, 0.3) is 10.9 Å². The number of halogens is 2. The first-order valence-electron chi connectivity index (χ1n) is 11.1. The second-order valence-electron chi connectivity index (χ2n) is 7.95. The summed E-state index contributed by atoms with van der Waals surface area (Å²) < 4.78 is 45.1. The Labute approximate surface area is 237 Å². The van der Waals surface area contributed by atoms with Gasteiger partial charge in [0.2, 0.25) is 5.88 Å². The number of amides is 1. The first-order chi connectivity index (χ1) is 18.6. The van der Waals surface area contributed by atoms with Gasteiger partial charge in [0, 0.05) is 20.9 Å². The van der Waals surface area contributed by atoms with Gasteiger partial charge in [0.15, 0.2) is 17.2 Å². The van der Waals surface area contributed by atoms with Crippen LogP contribution in [0.4, 0.5) is 11.4 Å². The number of aromatic amines is 1. The van der Waals surface area contributed by atoms with E-state index in [4.69, 9.17) is 25.8 Å². The molecule has 0 fully saturated rings. The highest BCUT2D eigenvalue weighted by Crippen LogP contribution is 2.38. The Morgan fingerprint density at radius 3 is 2.38 bits per heavy atom. The number of aromatic nitrogens is 1. The van der Waals surface area contributed by atoms with Gasteiger partial charge in [-0.25, -0.2) is 8.42 Å². The summed E-state index contributed by atoms with van der Waals surface area (Å²) in [7, 11) is -0.258. The van der Waals surface area contributed by atoms with Gasteiger partial charge in [-0.1, -0.05) is 27.5 Å². The molecule has 1 amide bonds. The third-order valence-corrected chi connectivity index (χ3v) is 8.09. The van der Waals surface area contributed by atoms with Crippen LogP contribution in [0.2, 0.25) is 5.02 Å². The lowest BCUT2D eigenvalue weighted by atomic mass is 10.2. The van der Waals surface area contributed by atoms with Gasteiger partial charge in [0.25, 0.3) is 15.9 Å². The van der Waals surface area contributed by atoms with Crippen molar-refractivity contribution in [3.8, 4) is 23.1 Å². The highest BCUT2D eigenvalue weighted by molar-refractivity contribution is 9.10. The predicted octanol–water partition coefficient (Wildman–Crippen LogP) is 5.82. The number of benzene rings is 3. The van der Waals surface area contributed by atoms with E-state index in [0.717, 1.165) is 8.78 Å². The number of aromatic hydroxyl groups is 1. The number of methoxy groups -OCH3 is 3. The molecule has 0 bridgehead atoms. The summed E-state index contributed by atoms with van der Waals surface area (Å²) >= 11 is 9.53. The largest absolute Gasteiger partial charge is 0.495 e. The fourth-order valence-electron chi connectivity index (χ4n) is 3.76. The summed E-state index contributed by atoms with van der Waals surface area (Å²) in [4.78, 5) is 15.6. The van der Waals surface area contributed by atoms with Crippen molar-refractivity contribution >= 4 is 65.7 Å². The number of nitrogens with zero attached hydrogens (tertiary/aromatic N) is 3. The Balaban J connectivity index is 1.77. The molecule has 0 aliphatic carbocycles. The first kappa shape index (κ1) is 28.2. The summed E-state index contributed by atoms with van der Waals surface area (Å²) in [5.41, 5.74) is 0.593. The standard InChI is InChI=1S/C25H22BrClN4O7S/c1-36-20-8-5-15(27)11-19(20)31(39(34,35)16-6-9-21(37-2)22(12-16)38-3)13-23(32)29-30-24-17-10-14(26)4-7-18(17)28-25(24)33/h4-12,28,33H,13H2,1-3H3. The number of ether oxygens (including phenoxy) is 3. The molecule has 2 N–H and O–H groups in total. The van der Waals surface area contributed by atoms with Gasteiger partial charge < -0.3 is 24.3 Å². The van der Waals surface area contributed by atoms with Crippen molar-refractivity contribution in [3.63, 3.8) is 0 Å². The van der Waals surface area contributed by atoms with Gasteiger partial charge in [0.1, 0.15) is 12.3 Å². The van der Waals surface area contributed by atoms with E-state index in [2.05, 4.69) is 31.1 Å². The van der Waals surface area contributed by atoms with E-state index in [-0.39, 0.29) is 38.7 Å². The zero-order chi connectivity index (χ0) is 28.3. The summed E-state index contributed by atoms with van der Waals surface area (Å²) in [5.74, 6) is -0.593. The quantitative estimate of drug-likeness (QED) is 0.220. The average molecular weight is 638 g/mol. The Morgan fingerprint density at radius 1 is 1.00 bits per heavy atom. The maximum Gasteiger partial charge on any atom is 0.285 e. The number of anilines is 1. The number of carbonyl (C=O) groups excluding carboxylic acids is 1. The lowest BCUT2D eigenvalue weighted by Gasteiger charge is -2.25. The van der Waals surface area contributed by atoms with Gasteiger partial charge in [0.05, 0.1) is 37.4 Å². The van der Waals surface area contributed by atoms with Gasteiger partial charge >= 0.3 is 0 Å². The van der Waals surface area contributed by atoms with Crippen LogP contribution in [-0.2, 0) is 14.8 Å². The Morgan fingerprint density at radius 2 is 1.69 bits per heavy atom. The predicted molar refractivity (Wildman–Crippen MR) is 149 cm³/mol. The normalized spacial score (nSPS) is 11.6. The van der Waals surface area contributed by atoms with Crippen LogP contribution in [-0.4, -0.2) is 52.3 Å². The third-order valence-electron chi connectivity index (χ3n) is 5.61. The van der Waals surface area contributed by atoms with Crippen molar-refractivity contribution in [2.45, 2.75) is 4.90 Å². The van der Waals surface area contributed by atoms with Gasteiger partial charge in [-0.2, -0.15) is 0 Å². The maximum absolute atomic E-state index is 13.9. The second kappa shape index (κ2) is 11.5. The number of carbonyl (C=O) groups is 1. The van der Waals surface area contributed by atoms with E-state index in [9.17, 15) is 18.3 Å². The Hall–Kier alpha value is -3.81. The zero-order valence-corrected chi connectivity index (χ0v) is 24.0. The molecule has 0 saturated carbocycles. The first-order valence-corrected chi connectivity index (χ1v) is 13.7. The monoisotopic (exact) mass is 636 g/mol. The van der Waals surface area contributed by atoms with Crippen LogP contribution in [0.1, 0.15) is 0 Å². The Bertz CT molecular complexity index is 1690. The highest BCUT2D eigenvalue weighted by atomic mass is 79.9. The topological polar surface area (TPSA) is 143 Å². The summed E-state index contributed by atoms with van der Waals surface area (Å²) in [6, 6.07) is 13.5. The van der Waals surface area contributed by atoms with E-state index in [0.29, 0.717) is 16.7 Å². The molecule has 1 aromatic heterocycles. The van der Waals surface area contributed by atoms with Crippen molar-refractivity contribution < 1.29 is 32.5 Å². The molecule has 4 rings (SSSR count). The highest BCUT2D eigenvalue weighted by Gasteiger charge is 2.31. The summed E-state index contributed by atoms with van der Waals surface area (Å²) in [6.45, 7) is -0.760. The molecule has 0 spiro atoms. The van der Waals surface area contributed by atoms with Crippen molar-refractivity contribution in [3.05, 3.63) is 64.1 Å². The SMILES string of the molecule is COc1ccc(S(=O)(=O)N(CC(=O)N=Nc2c(O)[nH]c3ccc(Br)cc23)c2cc(Cl)ccc2OC)cc1OC. The molecule has 0 radical (unpaired) electrons. The smallest absolute Gasteiger partial charge is 0.285 e. The van der Waals surface area contributed by atoms with E-state index >= 15 is 0 Å². The maximum atomic E-state index is 13.9. The fourth-order valence-corrected chi connectivity index (χ4v) is 5.72. The van der Waals surface area contributed by atoms with Crippen LogP contribution < -0.4 is 18.5 Å². The van der Waals surface area contributed by atoms with Gasteiger partial charge in [-0.05, 0) is 48.5 Å². The molecule has 3 aromatic carbocycles. The minimum Gasteiger partial charge on any atom is -0.495 e. The van der Waals surface area contributed by atoms with E-state index in [1.807, 2.05) is 0 Å². The molecule has 39 heavy (non-hydrogen) atoms. The van der Waals surface area contributed by atoms with Crippen LogP contribution in [0, 0.1) is 0 Å². The minimum absolute atomic E-state index is 0.00204. The van der Waals surface area contributed by atoms with Crippen LogP contribution >= 0.6 is 27.5 Å². The molecule has 0 atom stereocenters. The fraction of sp³-hybridized carbons (Fsp3) is 0.160. The van der Waals surface area contributed by atoms with Gasteiger partial charge in [-0.3, -0.25) is 9.10 Å². The molecular formula is C25H22BrClN4O7S. The van der Waals surface area contributed by atoms with Gasteiger partial charge in [-0.15, -0.1) is 10.2 Å². The number of H-pyrrole nitrogens is 1. The number of rotatable bonds is 9. The second-order valence-corrected chi connectivity index (χ2v) is 11.2. The Kier molecular flexibility index (Phi) is 8.33. The lowest BCUT2D eigenvalue weighted by molar-refractivity contribution is -0.116. The molecule has 1 heterocycles.